The molecule has 164 valence electrons. The highest BCUT2D eigenvalue weighted by molar-refractivity contribution is 8.00. The van der Waals surface area contributed by atoms with Crippen molar-refractivity contribution in [2.45, 2.75) is 38.0 Å². The Kier molecular flexibility index (Phi) is 6.96. The van der Waals surface area contributed by atoms with Crippen LogP contribution in [0.4, 0.5) is 11.4 Å². The van der Waals surface area contributed by atoms with Crippen molar-refractivity contribution in [3.63, 3.8) is 0 Å². The first-order chi connectivity index (χ1) is 15.6. The fraction of sp³-hybridized carbons (Fsp3) is 0.259. The number of rotatable bonds is 7. The third-order valence-corrected chi connectivity index (χ3v) is 7.09. The molecule has 1 N–H and O–H groups in total. The number of carbonyl (C=O) groups excluding carboxylic acids is 2. The second kappa shape index (κ2) is 10.0. The summed E-state index contributed by atoms with van der Waals surface area (Å²) in [5.41, 5.74) is 5.02. The average Bonchev–Trinajstić information content (AvgIpc) is 3.22. The van der Waals surface area contributed by atoms with Gasteiger partial charge in [0.2, 0.25) is 11.8 Å². The van der Waals surface area contributed by atoms with Crippen LogP contribution in [0.5, 0.6) is 0 Å². The molecule has 1 saturated heterocycles. The molecule has 4 nitrogen and oxygen atoms in total. The lowest BCUT2D eigenvalue weighted by Crippen LogP contribution is -2.27. The second-order valence-electron chi connectivity index (χ2n) is 7.93. The molecule has 1 heterocycles. The van der Waals surface area contributed by atoms with E-state index < -0.39 is 0 Å². The maximum Gasteiger partial charge on any atom is 0.238 e. The van der Waals surface area contributed by atoms with Crippen molar-refractivity contribution in [1.29, 1.82) is 0 Å². The van der Waals surface area contributed by atoms with Crippen LogP contribution < -0.4 is 10.2 Å². The van der Waals surface area contributed by atoms with Gasteiger partial charge in [-0.25, -0.2) is 0 Å². The number of hydrogen-bond donors (Lipinski definition) is 1. The number of nitrogens with one attached hydrogen (secondary N) is 1. The van der Waals surface area contributed by atoms with Gasteiger partial charge in [-0.3, -0.25) is 14.5 Å². The molecule has 0 bridgehead atoms. The first-order valence-corrected chi connectivity index (χ1v) is 12.1. The number of carbonyl (C=O) groups is 2. The number of nitrogens with zero attached hydrogens (tertiary/aromatic N) is 1. The van der Waals surface area contributed by atoms with Gasteiger partial charge < -0.3 is 5.32 Å². The van der Waals surface area contributed by atoms with Gasteiger partial charge in [-0.15, -0.1) is 11.8 Å². The summed E-state index contributed by atoms with van der Waals surface area (Å²) < 4.78 is 0. The fourth-order valence-electron chi connectivity index (χ4n) is 4.06. The molecule has 0 aromatic heterocycles. The largest absolute Gasteiger partial charge is 0.326 e. The van der Waals surface area contributed by atoms with E-state index in [1.54, 1.807) is 11.8 Å². The molecule has 0 radical (unpaired) electrons. The van der Waals surface area contributed by atoms with E-state index in [0.717, 1.165) is 35.3 Å². The molecule has 1 aliphatic rings. The molecule has 1 fully saturated rings. The Morgan fingerprint density at radius 1 is 1.00 bits per heavy atom. The summed E-state index contributed by atoms with van der Waals surface area (Å²) >= 11 is 1.63. The molecule has 32 heavy (non-hydrogen) atoms. The normalized spacial score (nSPS) is 16.8. The van der Waals surface area contributed by atoms with Crippen molar-refractivity contribution in [2.24, 2.45) is 0 Å². The van der Waals surface area contributed by atoms with E-state index in [1.165, 1.54) is 5.56 Å². The highest BCUT2D eigenvalue weighted by atomic mass is 32.2. The monoisotopic (exact) mass is 444 g/mol. The molecule has 1 aliphatic heterocycles. The molecule has 3 aromatic rings. The second-order valence-corrected chi connectivity index (χ2v) is 9.00. The summed E-state index contributed by atoms with van der Waals surface area (Å²) in [6.45, 7) is 4.15. The molecule has 3 aromatic carbocycles. The number of aryl methyl sites for hydroxylation is 1. The van der Waals surface area contributed by atoms with E-state index in [-0.39, 0.29) is 23.1 Å². The smallest absolute Gasteiger partial charge is 0.238 e. The van der Waals surface area contributed by atoms with E-state index in [4.69, 9.17) is 0 Å². The topological polar surface area (TPSA) is 49.4 Å². The van der Waals surface area contributed by atoms with E-state index >= 15 is 0 Å². The number of thioether (sulfide) groups is 1. The van der Waals surface area contributed by atoms with Gasteiger partial charge in [0.05, 0.1) is 11.7 Å². The molecule has 0 aliphatic carbocycles. The van der Waals surface area contributed by atoms with Gasteiger partial charge in [0, 0.05) is 11.4 Å². The maximum atomic E-state index is 12.8. The summed E-state index contributed by atoms with van der Waals surface area (Å²) in [6.07, 6.45) is 1.71. The zero-order chi connectivity index (χ0) is 22.5. The van der Waals surface area contributed by atoms with Crippen LogP contribution in [0.15, 0.2) is 78.9 Å². The minimum Gasteiger partial charge on any atom is -0.326 e. The van der Waals surface area contributed by atoms with E-state index in [2.05, 4.69) is 24.4 Å². The Balaban J connectivity index is 1.48. The molecule has 5 heteroatoms. The van der Waals surface area contributed by atoms with Gasteiger partial charge in [0.1, 0.15) is 5.37 Å². The van der Waals surface area contributed by atoms with Crippen molar-refractivity contribution >= 4 is 35.0 Å². The summed E-state index contributed by atoms with van der Waals surface area (Å²) in [5, 5.41) is 2.98. The Bertz CT molecular complexity index is 1070. The van der Waals surface area contributed by atoms with Crippen LogP contribution in [0.2, 0.25) is 0 Å². The summed E-state index contributed by atoms with van der Waals surface area (Å²) in [4.78, 5) is 27.3. The molecular weight excluding hydrogens is 416 g/mol. The lowest BCUT2D eigenvalue weighted by molar-refractivity contribution is -0.118. The zero-order valence-electron chi connectivity index (χ0n) is 18.5. The molecule has 2 atom stereocenters. The SMILES string of the molecule is CCc1ccc(N2C(=O)CS[C@@H]2c2ccc(NC(=O)[C@H](CC)c3ccccc3)cc2)cc1. The number of amides is 2. The van der Waals surface area contributed by atoms with Crippen molar-refractivity contribution in [3.8, 4) is 0 Å². The lowest BCUT2D eigenvalue weighted by atomic mass is 9.95. The van der Waals surface area contributed by atoms with Gasteiger partial charge in [-0.1, -0.05) is 68.4 Å². The maximum absolute atomic E-state index is 12.8. The van der Waals surface area contributed by atoms with Gasteiger partial charge >= 0.3 is 0 Å². The average molecular weight is 445 g/mol. The van der Waals surface area contributed by atoms with Crippen molar-refractivity contribution in [1.82, 2.24) is 0 Å². The van der Waals surface area contributed by atoms with Gasteiger partial charge in [-0.2, -0.15) is 0 Å². The van der Waals surface area contributed by atoms with E-state index in [0.29, 0.717) is 5.75 Å². The first-order valence-electron chi connectivity index (χ1n) is 11.1. The van der Waals surface area contributed by atoms with Crippen LogP contribution >= 0.6 is 11.8 Å². The minimum atomic E-state index is -0.180. The van der Waals surface area contributed by atoms with Crippen LogP contribution in [-0.4, -0.2) is 17.6 Å². The molecule has 0 spiro atoms. The van der Waals surface area contributed by atoms with Crippen LogP contribution in [0.25, 0.3) is 0 Å². The predicted octanol–water partition coefficient (Wildman–Crippen LogP) is 6.16. The van der Waals surface area contributed by atoms with Crippen LogP contribution in [-0.2, 0) is 16.0 Å². The Labute approximate surface area is 194 Å². The standard InChI is InChI=1S/C27H28N2O2S/c1-3-19-10-16-23(17-11-19)29-25(30)18-32-27(29)21-12-14-22(15-13-21)28-26(31)24(4-2)20-8-6-5-7-9-20/h5-17,24,27H,3-4,18H2,1-2H3,(H,28,31)/t24-,27-/m1/s1. The molecule has 0 unspecified atom stereocenters. The third kappa shape index (κ3) is 4.73. The van der Waals surface area contributed by atoms with E-state index in [1.807, 2.05) is 78.6 Å². The van der Waals surface area contributed by atoms with Crippen molar-refractivity contribution in [2.75, 3.05) is 16.0 Å². The van der Waals surface area contributed by atoms with Gasteiger partial charge in [0.25, 0.3) is 0 Å². The van der Waals surface area contributed by atoms with Gasteiger partial charge in [-0.05, 0) is 53.8 Å². The number of benzene rings is 3. The number of hydrogen-bond acceptors (Lipinski definition) is 3. The van der Waals surface area contributed by atoms with Gasteiger partial charge in [0.15, 0.2) is 0 Å². The van der Waals surface area contributed by atoms with Crippen LogP contribution in [0.3, 0.4) is 0 Å². The first kappa shape index (κ1) is 22.2. The minimum absolute atomic E-state index is 0.00508. The quantitative estimate of drug-likeness (QED) is 0.475. The molecule has 4 rings (SSSR count). The summed E-state index contributed by atoms with van der Waals surface area (Å²) in [5.74, 6) is 0.402. The Morgan fingerprint density at radius 3 is 2.31 bits per heavy atom. The third-order valence-electron chi connectivity index (χ3n) is 5.88. The summed E-state index contributed by atoms with van der Waals surface area (Å²) in [7, 11) is 0. The molecular formula is C27H28N2O2S. The Morgan fingerprint density at radius 2 is 1.69 bits per heavy atom. The van der Waals surface area contributed by atoms with Crippen molar-refractivity contribution < 1.29 is 9.59 Å². The number of anilines is 2. The Hall–Kier alpha value is -3.05. The fourth-order valence-corrected chi connectivity index (χ4v) is 5.24. The highest BCUT2D eigenvalue weighted by Crippen LogP contribution is 2.42. The summed E-state index contributed by atoms with van der Waals surface area (Å²) in [6, 6.07) is 25.9. The van der Waals surface area contributed by atoms with Crippen molar-refractivity contribution in [3.05, 3.63) is 95.6 Å². The van der Waals surface area contributed by atoms with Crippen LogP contribution in [0, 0.1) is 0 Å². The molecule has 0 saturated carbocycles. The molecule has 2 amide bonds. The predicted molar refractivity (Wildman–Crippen MR) is 133 cm³/mol. The highest BCUT2D eigenvalue weighted by Gasteiger charge is 2.34. The zero-order valence-corrected chi connectivity index (χ0v) is 19.3. The lowest BCUT2D eigenvalue weighted by Gasteiger charge is -2.25. The van der Waals surface area contributed by atoms with E-state index in [9.17, 15) is 9.59 Å². The van der Waals surface area contributed by atoms with Crippen LogP contribution in [0.1, 0.15) is 48.3 Å².